The van der Waals surface area contributed by atoms with Crippen molar-refractivity contribution in [1.29, 1.82) is 0 Å². The van der Waals surface area contributed by atoms with Gasteiger partial charge < -0.3 is 20.5 Å². The largest absolute Gasteiger partial charge is 0.395 e. The summed E-state index contributed by atoms with van der Waals surface area (Å²) in [6.45, 7) is 4.01. The van der Waals surface area contributed by atoms with Gasteiger partial charge in [-0.15, -0.1) is 0 Å². The quantitative estimate of drug-likeness (QED) is 0.623. The smallest absolute Gasteiger partial charge is 0.315 e. The number of carbonyl (C=O) groups excluding carboxylic acids is 1. The van der Waals surface area contributed by atoms with Crippen LogP contribution in [0.1, 0.15) is 24.5 Å². The van der Waals surface area contributed by atoms with Crippen molar-refractivity contribution in [2.24, 2.45) is 0 Å². The van der Waals surface area contributed by atoms with Gasteiger partial charge in [0.25, 0.3) is 0 Å². The Morgan fingerprint density at radius 3 is 2.68 bits per heavy atom. The maximum Gasteiger partial charge on any atom is 0.315 e. The number of nitrogens with one attached hydrogen (secondary N) is 2. The SMILES string of the molecule is CCCOCc1ccccc1CNC(=O)NCCO. The molecule has 0 aromatic heterocycles. The summed E-state index contributed by atoms with van der Waals surface area (Å²) in [7, 11) is 0. The lowest BCUT2D eigenvalue weighted by molar-refractivity contribution is 0.121. The molecule has 0 fully saturated rings. The van der Waals surface area contributed by atoms with Crippen molar-refractivity contribution in [1.82, 2.24) is 10.6 Å². The highest BCUT2D eigenvalue weighted by Crippen LogP contribution is 2.10. The third-order valence-corrected chi connectivity index (χ3v) is 2.56. The van der Waals surface area contributed by atoms with E-state index in [9.17, 15) is 4.79 Å². The van der Waals surface area contributed by atoms with Crippen LogP contribution in [0.5, 0.6) is 0 Å². The average molecular weight is 266 g/mol. The minimum absolute atomic E-state index is 0.0607. The van der Waals surface area contributed by atoms with E-state index < -0.39 is 0 Å². The number of urea groups is 1. The highest BCUT2D eigenvalue weighted by atomic mass is 16.5. The maximum absolute atomic E-state index is 11.4. The molecule has 0 heterocycles. The van der Waals surface area contributed by atoms with Crippen LogP contribution in [-0.2, 0) is 17.9 Å². The molecule has 5 nitrogen and oxygen atoms in total. The Morgan fingerprint density at radius 1 is 1.26 bits per heavy atom. The number of hydrogen-bond donors (Lipinski definition) is 3. The molecule has 1 aromatic rings. The van der Waals surface area contributed by atoms with E-state index in [4.69, 9.17) is 9.84 Å². The van der Waals surface area contributed by atoms with Gasteiger partial charge >= 0.3 is 6.03 Å². The summed E-state index contributed by atoms with van der Waals surface area (Å²) in [5.74, 6) is 0. The summed E-state index contributed by atoms with van der Waals surface area (Å²) in [4.78, 5) is 11.4. The van der Waals surface area contributed by atoms with E-state index >= 15 is 0 Å². The van der Waals surface area contributed by atoms with Crippen LogP contribution >= 0.6 is 0 Å². The van der Waals surface area contributed by atoms with E-state index in [0.29, 0.717) is 13.2 Å². The first-order valence-electron chi connectivity index (χ1n) is 6.55. The van der Waals surface area contributed by atoms with Crippen molar-refractivity contribution >= 4 is 6.03 Å². The molecule has 0 aliphatic heterocycles. The van der Waals surface area contributed by atoms with Gasteiger partial charge in [0.1, 0.15) is 0 Å². The van der Waals surface area contributed by atoms with Crippen LogP contribution in [0.25, 0.3) is 0 Å². The van der Waals surface area contributed by atoms with Crippen molar-refractivity contribution in [3.05, 3.63) is 35.4 Å². The lowest BCUT2D eigenvalue weighted by atomic mass is 10.1. The van der Waals surface area contributed by atoms with E-state index in [1.165, 1.54) is 0 Å². The molecule has 0 aliphatic rings. The summed E-state index contributed by atoms with van der Waals surface area (Å²) in [5.41, 5.74) is 2.12. The van der Waals surface area contributed by atoms with E-state index in [0.717, 1.165) is 24.2 Å². The van der Waals surface area contributed by atoms with Crippen molar-refractivity contribution in [2.75, 3.05) is 19.8 Å². The molecule has 0 saturated carbocycles. The zero-order valence-corrected chi connectivity index (χ0v) is 11.3. The van der Waals surface area contributed by atoms with Gasteiger partial charge in [-0.05, 0) is 17.5 Å². The number of benzene rings is 1. The summed E-state index contributed by atoms with van der Waals surface area (Å²) in [6, 6.07) is 7.58. The Morgan fingerprint density at radius 2 is 2.00 bits per heavy atom. The lowest BCUT2D eigenvalue weighted by Crippen LogP contribution is -2.36. The van der Waals surface area contributed by atoms with Gasteiger partial charge in [0.15, 0.2) is 0 Å². The summed E-state index contributed by atoms with van der Waals surface area (Å²) >= 11 is 0. The third kappa shape index (κ3) is 6.22. The maximum atomic E-state index is 11.4. The first-order chi connectivity index (χ1) is 9.27. The molecule has 0 spiro atoms. The molecule has 2 amide bonds. The second kappa shape index (κ2) is 9.35. The molecule has 3 N–H and O–H groups in total. The minimum Gasteiger partial charge on any atom is -0.395 e. The molecular formula is C14H22N2O3. The topological polar surface area (TPSA) is 70.6 Å². The molecule has 1 rings (SSSR count). The summed E-state index contributed by atoms with van der Waals surface area (Å²) in [5, 5.41) is 13.9. The monoisotopic (exact) mass is 266 g/mol. The van der Waals surface area contributed by atoms with Crippen LogP contribution in [0.3, 0.4) is 0 Å². The molecule has 0 aliphatic carbocycles. The Bertz CT molecular complexity index is 383. The molecule has 1 aromatic carbocycles. The fraction of sp³-hybridized carbons (Fsp3) is 0.500. The van der Waals surface area contributed by atoms with Crippen molar-refractivity contribution in [2.45, 2.75) is 26.5 Å². The fourth-order valence-electron chi connectivity index (χ4n) is 1.60. The Balaban J connectivity index is 2.45. The number of aliphatic hydroxyl groups is 1. The second-order valence-electron chi connectivity index (χ2n) is 4.15. The van der Waals surface area contributed by atoms with Gasteiger partial charge in [0.2, 0.25) is 0 Å². The number of hydrogen-bond acceptors (Lipinski definition) is 3. The Kier molecular flexibility index (Phi) is 7.62. The van der Waals surface area contributed by atoms with Crippen LogP contribution in [-0.4, -0.2) is 30.9 Å². The molecule has 0 saturated heterocycles. The molecule has 5 heteroatoms. The van der Waals surface area contributed by atoms with Crippen LogP contribution < -0.4 is 10.6 Å². The minimum atomic E-state index is -0.279. The highest BCUT2D eigenvalue weighted by Gasteiger charge is 2.04. The number of rotatable bonds is 8. The summed E-state index contributed by atoms with van der Waals surface area (Å²) in [6.07, 6.45) is 0.990. The second-order valence-corrected chi connectivity index (χ2v) is 4.15. The van der Waals surface area contributed by atoms with Crippen LogP contribution in [0.15, 0.2) is 24.3 Å². The Hall–Kier alpha value is -1.59. The van der Waals surface area contributed by atoms with Crippen molar-refractivity contribution in [3.8, 4) is 0 Å². The normalized spacial score (nSPS) is 10.2. The van der Waals surface area contributed by atoms with E-state index in [-0.39, 0.29) is 19.2 Å². The zero-order valence-electron chi connectivity index (χ0n) is 11.3. The zero-order chi connectivity index (χ0) is 13.9. The van der Waals surface area contributed by atoms with Gasteiger partial charge in [-0.1, -0.05) is 31.2 Å². The molecule has 0 atom stereocenters. The number of aliphatic hydroxyl groups excluding tert-OH is 1. The van der Waals surface area contributed by atoms with Gasteiger partial charge in [0, 0.05) is 19.7 Å². The Labute approximate surface area is 114 Å². The van der Waals surface area contributed by atoms with Crippen LogP contribution in [0.4, 0.5) is 4.79 Å². The number of carbonyl (C=O) groups is 1. The summed E-state index contributed by atoms with van der Waals surface area (Å²) < 4.78 is 5.52. The predicted octanol–water partition coefficient (Wildman–Crippen LogP) is 1.40. The fourth-order valence-corrected chi connectivity index (χ4v) is 1.60. The molecule has 0 bridgehead atoms. The molecule has 0 unspecified atom stereocenters. The molecular weight excluding hydrogens is 244 g/mol. The third-order valence-electron chi connectivity index (χ3n) is 2.56. The average Bonchev–Trinajstić information content (AvgIpc) is 2.44. The first-order valence-corrected chi connectivity index (χ1v) is 6.55. The van der Waals surface area contributed by atoms with Crippen LogP contribution in [0.2, 0.25) is 0 Å². The standard InChI is InChI=1S/C14H22N2O3/c1-2-9-19-11-13-6-4-3-5-12(13)10-16-14(18)15-7-8-17/h3-6,17H,2,7-11H2,1H3,(H2,15,16,18). The van der Waals surface area contributed by atoms with E-state index in [1.54, 1.807) is 0 Å². The first kappa shape index (κ1) is 15.5. The number of ether oxygens (including phenoxy) is 1. The predicted molar refractivity (Wildman–Crippen MR) is 73.7 cm³/mol. The highest BCUT2D eigenvalue weighted by molar-refractivity contribution is 5.73. The van der Waals surface area contributed by atoms with Crippen LogP contribution in [0, 0.1) is 0 Å². The van der Waals surface area contributed by atoms with E-state index in [1.807, 2.05) is 24.3 Å². The van der Waals surface area contributed by atoms with Gasteiger partial charge in [-0.2, -0.15) is 0 Å². The van der Waals surface area contributed by atoms with E-state index in [2.05, 4.69) is 17.6 Å². The van der Waals surface area contributed by atoms with Crippen molar-refractivity contribution < 1.29 is 14.6 Å². The van der Waals surface area contributed by atoms with Crippen molar-refractivity contribution in [3.63, 3.8) is 0 Å². The van der Waals surface area contributed by atoms with Gasteiger partial charge in [-0.25, -0.2) is 4.79 Å². The van der Waals surface area contributed by atoms with Gasteiger partial charge in [-0.3, -0.25) is 0 Å². The lowest BCUT2D eigenvalue weighted by Gasteiger charge is -2.11. The molecule has 19 heavy (non-hydrogen) atoms. The van der Waals surface area contributed by atoms with Gasteiger partial charge in [0.05, 0.1) is 13.2 Å². The molecule has 106 valence electrons. The molecule has 0 radical (unpaired) electrons. The number of amides is 2.